The minimum Gasteiger partial charge on any atom is -0.508 e. The van der Waals surface area contributed by atoms with Gasteiger partial charge in [0, 0.05) is 32.1 Å². The molecular formula is C21H23NO6. The number of hydrogen-bond acceptors (Lipinski definition) is 6. The summed E-state index contributed by atoms with van der Waals surface area (Å²) < 4.78 is 5.13. The molecule has 0 spiro atoms. The number of nitro groups is 1. The Morgan fingerprint density at radius 3 is 2.50 bits per heavy atom. The molecule has 2 atom stereocenters. The molecule has 0 saturated heterocycles. The topological polar surface area (TPSA) is 113 Å². The van der Waals surface area contributed by atoms with Gasteiger partial charge in [-0.15, -0.1) is 5.73 Å². The monoisotopic (exact) mass is 385 g/mol. The number of hydrogen-bond donors (Lipinski definition) is 3. The summed E-state index contributed by atoms with van der Waals surface area (Å²) >= 11 is 0. The van der Waals surface area contributed by atoms with Crippen molar-refractivity contribution in [3.05, 3.63) is 87.2 Å². The summed E-state index contributed by atoms with van der Waals surface area (Å²) in [6, 6.07) is 12.1. The molecule has 0 heterocycles. The molecule has 0 radical (unpaired) electrons. The molecule has 0 unspecified atom stereocenters. The fraction of sp³-hybridized carbons (Fsp3) is 0.286. The lowest BCUT2D eigenvalue weighted by Gasteiger charge is -2.12. The number of methoxy groups -OCH3 is 1. The summed E-state index contributed by atoms with van der Waals surface area (Å²) in [6.45, 7) is 0.253. The Kier molecular flexibility index (Phi) is 7.92. The van der Waals surface area contributed by atoms with Crippen molar-refractivity contribution < 1.29 is 25.0 Å². The number of nitro benzene ring substituents is 1. The minimum absolute atomic E-state index is 0.0376. The normalized spacial score (nSPS) is 12.7. The first-order valence-electron chi connectivity index (χ1n) is 8.72. The molecule has 2 rings (SSSR count). The molecular weight excluding hydrogens is 362 g/mol. The molecule has 7 nitrogen and oxygen atoms in total. The molecule has 3 N–H and O–H groups in total. The van der Waals surface area contributed by atoms with Crippen molar-refractivity contribution in [2.45, 2.75) is 25.0 Å². The van der Waals surface area contributed by atoms with Gasteiger partial charge in [0.1, 0.15) is 5.75 Å². The lowest BCUT2D eigenvalue weighted by atomic mass is 10.0. The molecule has 0 aromatic heterocycles. The van der Waals surface area contributed by atoms with E-state index in [9.17, 15) is 25.4 Å². The van der Waals surface area contributed by atoms with Gasteiger partial charge in [-0.25, -0.2) is 0 Å². The number of aliphatic hydroxyl groups is 2. The van der Waals surface area contributed by atoms with Crippen molar-refractivity contribution in [3.63, 3.8) is 0 Å². The van der Waals surface area contributed by atoms with Gasteiger partial charge < -0.3 is 20.1 Å². The van der Waals surface area contributed by atoms with E-state index in [-0.39, 0.29) is 30.9 Å². The Morgan fingerprint density at radius 2 is 1.89 bits per heavy atom. The third kappa shape index (κ3) is 6.33. The summed E-state index contributed by atoms with van der Waals surface area (Å²) in [4.78, 5) is 10.2. The zero-order valence-electron chi connectivity index (χ0n) is 15.5. The Labute approximate surface area is 163 Å². The predicted molar refractivity (Wildman–Crippen MR) is 104 cm³/mol. The van der Waals surface area contributed by atoms with Crippen LogP contribution in [0.15, 0.2) is 65.9 Å². The van der Waals surface area contributed by atoms with E-state index in [1.165, 1.54) is 43.5 Å². The third-order valence-electron chi connectivity index (χ3n) is 4.15. The van der Waals surface area contributed by atoms with Gasteiger partial charge in [0.15, 0.2) is 0 Å². The second kappa shape index (κ2) is 10.4. The number of phenolic OH excluding ortho intramolecular Hbond substituents is 1. The predicted octanol–water partition coefficient (Wildman–Crippen LogP) is 3.58. The Balaban J connectivity index is 2.06. The van der Waals surface area contributed by atoms with Crippen molar-refractivity contribution in [1.82, 2.24) is 0 Å². The molecule has 2 aromatic rings. The number of benzene rings is 2. The van der Waals surface area contributed by atoms with Crippen LogP contribution >= 0.6 is 0 Å². The maximum Gasteiger partial charge on any atom is 0.269 e. The highest BCUT2D eigenvalue weighted by atomic mass is 16.6. The SMILES string of the molecule is COCC(=C=CC[C@@H](O)c1cccc(O)c1)C[C@@H](O)c1ccc([N+](=O)[O-])cc1. The minimum atomic E-state index is -0.858. The molecule has 0 aliphatic heterocycles. The van der Waals surface area contributed by atoms with Crippen molar-refractivity contribution in [3.8, 4) is 5.75 Å². The maximum absolute atomic E-state index is 10.7. The van der Waals surface area contributed by atoms with E-state index < -0.39 is 17.1 Å². The Hall–Kier alpha value is -2.96. The molecule has 0 bridgehead atoms. The average molecular weight is 385 g/mol. The van der Waals surface area contributed by atoms with Crippen LogP contribution in [-0.4, -0.2) is 34.0 Å². The van der Waals surface area contributed by atoms with Gasteiger partial charge in [-0.3, -0.25) is 10.1 Å². The van der Waals surface area contributed by atoms with E-state index >= 15 is 0 Å². The third-order valence-corrected chi connectivity index (χ3v) is 4.15. The van der Waals surface area contributed by atoms with Gasteiger partial charge in [0.25, 0.3) is 5.69 Å². The van der Waals surface area contributed by atoms with E-state index in [0.717, 1.165) is 0 Å². The largest absolute Gasteiger partial charge is 0.508 e. The molecule has 0 amide bonds. The van der Waals surface area contributed by atoms with Gasteiger partial charge in [0.05, 0.1) is 23.7 Å². The lowest BCUT2D eigenvalue weighted by Crippen LogP contribution is -2.03. The van der Waals surface area contributed by atoms with Crippen LogP contribution in [0.2, 0.25) is 0 Å². The van der Waals surface area contributed by atoms with E-state index in [2.05, 4.69) is 5.73 Å². The van der Waals surface area contributed by atoms with E-state index in [4.69, 9.17) is 4.74 Å². The molecule has 148 valence electrons. The molecule has 28 heavy (non-hydrogen) atoms. The summed E-state index contributed by atoms with van der Waals surface area (Å²) in [6.07, 6.45) is 0.533. The van der Waals surface area contributed by atoms with Crippen LogP contribution in [-0.2, 0) is 4.74 Å². The van der Waals surface area contributed by atoms with Crippen molar-refractivity contribution in [2.75, 3.05) is 13.7 Å². The second-order valence-electron chi connectivity index (χ2n) is 6.30. The summed E-state index contributed by atoms with van der Waals surface area (Å²) in [5, 5.41) is 40.8. The first kappa shape index (κ1) is 21.3. The number of phenols is 1. The molecule has 0 saturated carbocycles. The lowest BCUT2D eigenvalue weighted by molar-refractivity contribution is -0.384. The quantitative estimate of drug-likeness (QED) is 0.345. The Bertz CT molecular complexity index is 855. The fourth-order valence-corrected chi connectivity index (χ4v) is 2.69. The van der Waals surface area contributed by atoms with Crippen LogP contribution in [0.3, 0.4) is 0 Å². The standard InChI is InChI=1S/C21H23NO6/c1-28-14-15(4-2-7-20(24)17-5-3-6-19(23)13-17)12-21(25)16-8-10-18(11-9-16)22(26)27/h2-3,5-6,8-11,13,20-21,23-25H,7,12,14H2,1H3/t4?,20-,21-/m1/s1. The van der Waals surface area contributed by atoms with Gasteiger partial charge in [-0.2, -0.15) is 0 Å². The Morgan fingerprint density at radius 1 is 1.18 bits per heavy atom. The molecule has 0 aliphatic rings. The van der Waals surface area contributed by atoms with Crippen LogP contribution in [0.4, 0.5) is 5.69 Å². The highest BCUT2D eigenvalue weighted by Gasteiger charge is 2.13. The number of aromatic hydroxyl groups is 1. The van der Waals surface area contributed by atoms with Crippen molar-refractivity contribution in [2.24, 2.45) is 0 Å². The van der Waals surface area contributed by atoms with Crippen LogP contribution in [0, 0.1) is 10.1 Å². The van der Waals surface area contributed by atoms with Gasteiger partial charge >= 0.3 is 0 Å². The van der Waals surface area contributed by atoms with Crippen LogP contribution in [0.5, 0.6) is 5.75 Å². The van der Waals surface area contributed by atoms with Gasteiger partial charge in [-0.1, -0.05) is 12.1 Å². The van der Waals surface area contributed by atoms with E-state index in [0.29, 0.717) is 16.7 Å². The number of aliphatic hydroxyl groups excluding tert-OH is 2. The number of non-ortho nitro benzene ring substituents is 1. The molecule has 7 heteroatoms. The van der Waals surface area contributed by atoms with Crippen molar-refractivity contribution in [1.29, 1.82) is 0 Å². The zero-order valence-corrected chi connectivity index (χ0v) is 15.5. The molecule has 0 fully saturated rings. The number of nitrogens with zero attached hydrogens (tertiary/aromatic N) is 1. The average Bonchev–Trinajstić information content (AvgIpc) is 2.68. The van der Waals surface area contributed by atoms with E-state index in [1.807, 2.05) is 0 Å². The highest BCUT2D eigenvalue weighted by molar-refractivity contribution is 5.34. The van der Waals surface area contributed by atoms with Crippen molar-refractivity contribution >= 4 is 5.69 Å². The smallest absolute Gasteiger partial charge is 0.269 e. The van der Waals surface area contributed by atoms with Gasteiger partial charge in [-0.05, 0) is 47.0 Å². The van der Waals surface area contributed by atoms with Crippen LogP contribution < -0.4 is 0 Å². The fourth-order valence-electron chi connectivity index (χ4n) is 2.69. The molecule has 0 aliphatic carbocycles. The maximum atomic E-state index is 10.7. The van der Waals surface area contributed by atoms with E-state index in [1.54, 1.807) is 18.2 Å². The second-order valence-corrected chi connectivity index (χ2v) is 6.30. The highest BCUT2D eigenvalue weighted by Crippen LogP contribution is 2.24. The number of rotatable bonds is 9. The summed E-state index contributed by atoms with van der Waals surface area (Å²) in [5.41, 5.74) is 4.85. The first-order chi connectivity index (χ1) is 13.4. The van der Waals surface area contributed by atoms with Crippen LogP contribution in [0.1, 0.15) is 36.2 Å². The zero-order chi connectivity index (χ0) is 20.5. The van der Waals surface area contributed by atoms with Gasteiger partial charge in [0.2, 0.25) is 0 Å². The summed E-state index contributed by atoms with van der Waals surface area (Å²) in [5.74, 6) is 0.0855. The molecule has 2 aromatic carbocycles. The number of ether oxygens (including phenoxy) is 1. The summed E-state index contributed by atoms with van der Waals surface area (Å²) in [7, 11) is 1.53. The van der Waals surface area contributed by atoms with Crippen LogP contribution in [0.25, 0.3) is 0 Å². The first-order valence-corrected chi connectivity index (χ1v) is 8.72.